The van der Waals surface area contributed by atoms with Gasteiger partial charge in [-0.25, -0.2) is 0 Å². The first kappa shape index (κ1) is 10.4. The smallest absolute Gasteiger partial charge is 0.193 e. The standard InChI is InChI=1S/C10H10Br2O2/c1-2-6-5-8-7(3-4-14-8)9(13)10(6,11)12/h3-4,6H,2,5H2,1H3. The molecule has 1 aromatic heterocycles. The maximum atomic E-state index is 12.0. The van der Waals surface area contributed by atoms with Gasteiger partial charge >= 0.3 is 0 Å². The molecule has 2 rings (SSSR count). The van der Waals surface area contributed by atoms with Gasteiger partial charge in [-0.05, 0) is 12.0 Å². The second-order valence-corrected chi connectivity index (χ2v) is 7.08. The van der Waals surface area contributed by atoms with E-state index in [0.717, 1.165) is 18.6 Å². The molecule has 0 saturated carbocycles. The number of fused-ring (bicyclic) bond motifs is 1. The van der Waals surface area contributed by atoms with Gasteiger partial charge in [0.25, 0.3) is 0 Å². The minimum Gasteiger partial charge on any atom is -0.469 e. The number of ketones is 1. The van der Waals surface area contributed by atoms with Crippen molar-refractivity contribution in [2.24, 2.45) is 5.92 Å². The first-order valence-electron chi connectivity index (χ1n) is 4.56. The number of halogens is 2. The zero-order chi connectivity index (χ0) is 10.3. The Morgan fingerprint density at radius 3 is 3.00 bits per heavy atom. The lowest BCUT2D eigenvalue weighted by Gasteiger charge is -2.32. The van der Waals surface area contributed by atoms with Gasteiger partial charge in [0.2, 0.25) is 0 Å². The molecule has 0 aromatic carbocycles. The lowest BCUT2D eigenvalue weighted by Crippen LogP contribution is -2.39. The molecule has 2 nitrogen and oxygen atoms in total. The van der Waals surface area contributed by atoms with Crippen LogP contribution in [0.3, 0.4) is 0 Å². The van der Waals surface area contributed by atoms with E-state index in [1.54, 1.807) is 12.3 Å². The van der Waals surface area contributed by atoms with Gasteiger partial charge in [-0.3, -0.25) is 4.79 Å². The molecule has 0 fully saturated rings. The third-order valence-corrected chi connectivity index (χ3v) is 4.75. The molecule has 0 amide bonds. The minimum absolute atomic E-state index is 0.0688. The molecule has 0 spiro atoms. The van der Waals surface area contributed by atoms with Crippen molar-refractivity contribution in [1.82, 2.24) is 0 Å². The average Bonchev–Trinajstić information content (AvgIpc) is 2.59. The highest BCUT2D eigenvalue weighted by Crippen LogP contribution is 2.45. The summed E-state index contributed by atoms with van der Waals surface area (Å²) in [4.78, 5) is 12.0. The molecule has 1 aliphatic carbocycles. The van der Waals surface area contributed by atoms with E-state index in [1.807, 2.05) is 0 Å². The molecule has 1 atom stereocenters. The fraction of sp³-hybridized carbons (Fsp3) is 0.500. The Morgan fingerprint density at radius 1 is 1.64 bits per heavy atom. The third-order valence-electron chi connectivity index (χ3n) is 2.73. The predicted octanol–water partition coefficient (Wildman–Crippen LogP) is 3.53. The normalized spacial score (nSPS) is 24.8. The highest BCUT2D eigenvalue weighted by molar-refractivity contribution is 9.26. The summed E-state index contributed by atoms with van der Waals surface area (Å²) in [7, 11) is 0. The van der Waals surface area contributed by atoms with E-state index in [-0.39, 0.29) is 11.7 Å². The Balaban J connectivity index is 2.47. The third kappa shape index (κ3) is 1.39. The van der Waals surface area contributed by atoms with Crippen molar-refractivity contribution in [3.63, 3.8) is 0 Å². The second kappa shape index (κ2) is 3.49. The van der Waals surface area contributed by atoms with E-state index >= 15 is 0 Å². The van der Waals surface area contributed by atoms with Gasteiger partial charge in [-0.15, -0.1) is 0 Å². The lowest BCUT2D eigenvalue weighted by atomic mass is 9.85. The number of alkyl halides is 2. The van der Waals surface area contributed by atoms with Crippen molar-refractivity contribution in [3.05, 3.63) is 23.7 Å². The summed E-state index contributed by atoms with van der Waals surface area (Å²) in [6.07, 6.45) is 3.32. The van der Waals surface area contributed by atoms with Crippen molar-refractivity contribution in [2.75, 3.05) is 0 Å². The fourth-order valence-corrected chi connectivity index (χ4v) is 3.22. The Labute approximate surface area is 99.3 Å². The molecule has 0 bridgehead atoms. The van der Waals surface area contributed by atoms with Crippen LogP contribution in [0.4, 0.5) is 0 Å². The van der Waals surface area contributed by atoms with Crippen LogP contribution in [0, 0.1) is 5.92 Å². The van der Waals surface area contributed by atoms with Crippen molar-refractivity contribution in [2.45, 2.75) is 23.0 Å². The number of Topliss-reactive ketones (excluding diaryl/α,β-unsaturated/α-hetero) is 1. The van der Waals surface area contributed by atoms with Crippen molar-refractivity contribution < 1.29 is 9.21 Å². The Bertz CT molecular complexity index is 368. The van der Waals surface area contributed by atoms with Crippen molar-refractivity contribution >= 4 is 37.6 Å². The summed E-state index contributed by atoms with van der Waals surface area (Å²) in [5, 5.41) is 0. The molecule has 0 aliphatic heterocycles. The fourth-order valence-electron chi connectivity index (χ4n) is 1.82. The quantitative estimate of drug-likeness (QED) is 0.741. The Hall–Kier alpha value is -0.0900. The van der Waals surface area contributed by atoms with Crippen LogP contribution in [0.2, 0.25) is 0 Å². The number of hydrogen-bond donors (Lipinski definition) is 0. The zero-order valence-corrected chi connectivity index (χ0v) is 10.9. The van der Waals surface area contributed by atoms with Crippen LogP contribution in [0.1, 0.15) is 29.5 Å². The summed E-state index contributed by atoms with van der Waals surface area (Å²) in [5.74, 6) is 1.13. The van der Waals surface area contributed by atoms with Crippen LogP contribution >= 0.6 is 31.9 Å². The number of carbonyl (C=O) groups is 1. The average molecular weight is 322 g/mol. The maximum absolute atomic E-state index is 12.0. The molecule has 4 heteroatoms. The zero-order valence-electron chi connectivity index (χ0n) is 7.72. The topological polar surface area (TPSA) is 30.2 Å². The molecule has 14 heavy (non-hydrogen) atoms. The first-order valence-corrected chi connectivity index (χ1v) is 6.15. The van der Waals surface area contributed by atoms with Crippen LogP contribution in [0.25, 0.3) is 0 Å². The van der Waals surface area contributed by atoms with Crippen molar-refractivity contribution in [3.8, 4) is 0 Å². The number of carbonyl (C=O) groups excluding carboxylic acids is 1. The summed E-state index contributed by atoms with van der Waals surface area (Å²) in [5.41, 5.74) is 0.698. The molecular weight excluding hydrogens is 312 g/mol. The van der Waals surface area contributed by atoms with Gasteiger partial charge in [0.1, 0.15) is 8.99 Å². The monoisotopic (exact) mass is 320 g/mol. The van der Waals surface area contributed by atoms with Crippen LogP contribution in [-0.2, 0) is 6.42 Å². The molecule has 1 aliphatic rings. The summed E-state index contributed by atoms with van der Waals surface area (Å²) >= 11 is 6.93. The highest BCUT2D eigenvalue weighted by atomic mass is 79.9. The SMILES string of the molecule is CCC1Cc2occc2C(=O)C1(Br)Br. The van der Waals surface area contributed by atoms with Crippen LogP contribution in [0.5, 0.6) is 0 Å². The van der Waals surface area contributed by atoms with E-state index in [1.165, 1.54) is 0 Å². The predicted molar refractivity (Wildman–Crippen MR) is 61.1 cm³/mol. The van der Waals surface area contributed by atoms with Gasteiger partial charge in [-0.2, -0.15) is 0 Å². The number of hydrogen-bond acceptors (Lipinski definition) is 2. The van der Waals surface area contributed by atoms with E-state index in [2.05, 4.69) is 38.8 Å². The molecular formula is C10H10Br2O2. The second-order valence-electron chi connectivity index (χ2n) is 3.52. The van der Waals surface area contributed by atoms with E-state index in [0.29, 0.717) is 5.56 Å². The number of furan rings is 1. The molecule has 1 unspecified atom stereocenters. The Kier molecular flexibility index (Phi) is 2.60. The summed E-state index contributed by atoms with van der Waals surface area (Å²) < 4.78 is 4.68. The highest BCUT2D eigenvalue weighted by Gasteiger charge is 2.46. The largest absolute Gasteiger partial charge is 0.469 e. The molecule has 1 aromatic rings. The van der Waals surface area contributed by atoms with E-state index in [9.17, 15) is 4.79 Å². The van der Waals surface area contributed by atoms with E-state index in [4.69, 9.17) is 4.42 Å². The molecule has 1 heterocycles. The summed E-state index contributed by atoms with van der Waals surface area (Å²) in [6.45, 7) is 2.07. The minimum atomic E-state index is -0.606. The summed E-state index contributed by atoms with van der Waals surface area (Å²) in [6, 6.07) is 1.74. The van der Waals surface area contributed by atoms with Crippen molar-refractivity contribution in [1.29, 1.82) is 0 Å². The Morgan fingerprint density at radius 2 is 2.36 bits per heavy atom. The van der Waals surface area contributed by atoms with Crippen LogP contribution < -0.4 is 0 Å². The maximum Gasteiger partial charge on any atom is 0.193 e. The van der Waals surface area contributed by atoms with Crippen LogP contribution in [-0.4, -0.2) is 9.02 Å². The molecule has 0 N–H and O–H groups in total. The van der Waals surface area contributed by atoms with E-state index < -0.39 is 3.23 Å². The van der Waals surface area contributed by atoms with Crippen LogP contribution in [0.15, 0.2) is 16.7 Å². The number of rotatable bonds is 1. The molecule has 0 saturated heterocycles. The van der Waals surface area contributed by atoms with Gasteiger partial charge in [0.05, 0.1) is 11.8 Å². The van der Waals surface area contributed by atoms with Gasteiger partial charge in [-0.1, -0.05) is 45.2 Å². The van der Waals surface area contributed by atoms with Gasteiger partial charge in [0.15, 0.2) is 5.78 Å². The van der Waals surface area contributed by atoms with Gasteiger partial charge < -0.3 is 4.42 Å². The lowest BCUT2D eigenvalue weighted by molar-refractivity contribution is 0.0942. The first-order chi connectivity index (χ1) is 6.57. The van der Waals surface area contributed by atoms with Gasteiger partial charge in [0, 0.05) is 6.42 Å². The molecule has 76 valence electrons. The molecule has 0 radical (unpaired) electrons.